The van der Waals surface area contributed by atoms with Crippen molar-refractivity contribution in [3.05, 3.63) is 48.2 Å². The number of halogens is 3. The maximum atomic E-state index is 13.2. The number of anilines is 2. The van der Waals surface area contributed by atoms with E-state index in [9.17, 15) is 30.0 Å². The van der Waals surface area contributed by atoms with Crippen molar-refractivity contribution in [3.63, 3.8) is 0 Å². The van der Waals surface area contributed by atoms with Gasteiger partial charge in [0.15, 0.2) is 0 Å². The van der Waals surface area contributed by atoms with E-state index < -0.39 is 31.8 Å². The normalized spacial score (nSPS) is 19.2. The van der Waals surface area contributed by atoms with Crippen LogP contribution in [0.3, 0.4) is 0 Å². The first-order valence-corrected chi connectivity index (χ1v) is 15.3. The number of alkyl halides is 3. The molecule has 0 atom stereocenters. The molecule has 1 aromatic carbocycles. The molecule has 2 aromatic rings. The van der Waals surface area contributed by atoms with Crippen LogP contribution in [0.25, 0.3) is 0 Å². The molecule has 2 N–H and O–H groups in total. The quantitative estimate of drug-likeness (QED) is 0.535. The molecule has 3 heterocycles. The molecular weight excluding hydrogens is 531 g/mol. The second kappa shape index (κ2) is 10.8. The number of nitrogens with one attached hydrogen (secondary N) is 2. The van der Waals surface area contributed by atoms with Crippen molar-refractivity contribution >= 4 is 31.6 Å². The van der Waals surface area contributed by atoms with E-state index in [2.05, 4.69) is 19.9 Å². The number of piperidine rings is 2. The number of hydrogen-bond acceptors (Lipinski definition) is 7. The van der Waals surface area contributed by atoms with E-state index >= 15 is 0 Å². The Morgan fingerprint density at radius 1 is 0.865 bits per heavy atom. The number of benzene rings is 1. The highest BCUT2D eigenvalue weighted by Gasteiger charge is 2.32. The molecule has 0 saturated carbocycles. The smallest absolute Gasteiger partial charge is 0.371 e. The summed E-state index contributed by atoms with van der Waals surface area (Å²) in [5, 5.41) is 3.09. The first-order chi connectivity index (χ1) is 17.3. The summed E-state index contributed by atoms with van der Waals surface area (Å²) in [6.07, 6.45) is -0.199. The van der Waals surface area contributed by atoms with Crippen molar-refractivity contribution in [3.8, 4) is 0 Å². The van der Waals surface area contributed by atoms with Crippen molar-refractivity contribution in [2.24, 2.45) is 0 Å². The van der Waals surface area contributed by atoms with Gasteiger partial charge in [-0.2, -0.15) is 17.5 Å². The molecule has 204 valence electrons. The summed E-state index contributed by atoms with van der Waals surface area (Å²) in [6.45, 7) is 1.88. The summed E-state index contributed by atoms with van der Waals surface area (Å²) >= 11 is 0. The molecular formula is C23H30F3N5O4S2. The molecule has 37 heavy (non-hydrogen) atoms. The van der Waals surface area contributed by atoms with Crippen LogP contribution >= 0.6 is 0 Å². The van der Waals surface area contributed by atoms with Crippen LogP contribution in [0.2, 0.25) is 0 Å². The number of rotatable bonds is 7. The summed E-state index contributed by atoms with van der Waals surface area (Å²) in [5.41, 5.74) is 0.0575. The van der Waals surface area contributed by atoms with Crippen molar-refractivity contribution in [1.29, 1.82) is 0 Å². The lowest BCUT2D eigenvalue weighted by atomic mass is 10.1. The number of sulfonamides is 2. The van der Waals surface area contributed by atoms with Gasteiger partial charge in [0, 0.05) is 50.1 Å². The molecule has 2 aliphatic rings. The molecule has 4 rings (SSSR count). The Kier molecular flexibility index (Phi) is 8.02. The standard InChI is InChI=1S/C23H30F3N5O4S2/c1-36(32,33)29-19-8-12-30(13-9-19)20-3-5-21(6-4-20)37(34,35)31-14-10-18(11-15-31)28-22-7-2-17(16-27-22)23(24,25)26/h2-7,16,18-19,29H,8-15H2,1H3,(H,27,28). The molecule has 0 amide bonds. The molecule has 0 unspecified atom stereocenters. The van der Waals surface area contributed by atoms with E-state index in [0.29, 0.717) is 44.6 Å². The Bertz CT molecular complexity index is 1270. The van der Waals surface area contributed by atoms with Crippen LogP contribution in [0.1, 0.15) is 31.2 Å². The second-order valence-corrected chi connectivity index (χ2v) is 13.1. The SMILES string of the molecule is CS(=O)(=O)NC1CCN(c2ccc(S(=O)(=O)N3CCC(Nc4ccc(C(F)(F)F)cn4)CC3)cc2)CC1. The lowest BCUT2D eigenvalue weighted by Gasteiger charge is -2.34. The molecule has 2 saturated heterocycles. The third-order valence-corrected chi connectivity index (χ3v) is 9.29. The molecule has 2 fully saturated rings. The average Bonchev–Trinajstić information content (AvgIpc) is 2.84. The van der Waals surface area contributed by atoms with Gasteiger partial charge in [-0.1, -0.05) is 0 Å². The molecule has 2 aliphatic heterocycles. The fourth-order valence-electron chi connectivity index (χ4n) is 4.63. The van der Waals surface area contributed by atoms with Crippen LogP contribution in [-0.4, -0.2) is 70.6 Å². The maximum absolute atomic E-state index is 13.2. The van der Waals surface area contributed by atoms with E-state index in [1.165, 1.54) is 10.4 Å². The van der Waals surface area contributed by atoms with Crippen molar-refractivity contribution < 1.29 is 30.0 Å². The summed E-state index contributed by atoms with van der Waals surface area (Å²) < 4.78 is 91.3. The van der Waals surface area contributed by atoms with Crippen LogP contribution < -0.4 is 14.9 Å². The van der Waals surface area contributed by atoms with Gasteiger partial charge in [-0.3, -0.25) is 0 Å². The number of aromatic nitrogens is 1. The van der Waals surface area contributed by atoms with Gasteiger partial charge in [-0.25, -0.2) is 26.5 Å². The Morgan fingerprint density at radius 2 is 1.46 bits per heavy atom. The van der Waals surface area contributed by atoms with Gasteiger partial charge in [-0.05, 0) is 62.1 Å². The van der Waals surface area contributed by atoms with Crippen molar-refractivity contribution in [2.75, 3.05) is 42.7 Å². The predicted molar refractivity (Wildman–Crippen MR) is 134 cm³/mol. The molecule has 9 nitrogen and oxygen atoms in total. The van der Waals surface area contributed by atoms with E-state index in [1.807, 2.05) is 0 Å². The summed E-state index contributed by atoms with van der Waals surface area (Å²) in [5.74, 6) is 0.320. The lowest BCUT2D eigenvalue weighted by Crippen LogP contribution is -2.44. The summed E-state index contributed by atoms with van der Waals surface area (Å²) in [7, 11) is -6.94. The van der Waals surface area contributed by atoms with Gasteiger partial charge in [0.1, 0.15) is 5.82 Å². The minimum atomic E-state index is -4.45. The van der Waals surface area contributed by atoms with Crippen molar-refractivity contribution in [2.45, 2.75) is 48.8 Å². The first kappa shape index (κ1) is 27.6. The minimum absolute atomic E-state index is 0.0987. The third kappa shape index (κ3) is 7.12. The maximum Gasteiger partial charge on any atom is 0.417 e. The van der Waals surface area contributed by atoms with Crippen LogP contribution in [-0.2, 0) is 26.2 Å². The fraction of sp³-hybridized carbons (Fsp3) is 0.522. The Morgan fingerprint density at radius 3 is 1.97 bits per heavy atom. The third-order valence-electron chi connectivity index (χ3n) is 6.61. The number of hydrogen-bond donors (Lipinski definition) is 2. The summed E-state index contributed by atoms with van der Waals surface area (Å²) in [6, 6.07) is 8.75. The molecule has 0 aliphatic carbocycles. The van der Waals surface area contributed by atoms with E-state index in [1.54, 1.807) is 24.3 Å². The molecule has 1 aromatic heterocycles. The minimum Gasteiger partial charge on any atom is -0.371 e. The molecule has 0 radical (unpaired) electrons. The zero-order valence-corrected chi connectivity index (χ0v) is 21.9. The molecule has 14 heteroatoms. The van der Waals surface area contributed by atoms with E-state index in [0.717, 1.165) is 24.2 Å². The van der Waals surface area contributed by atoms with E-state index in [-0.39, 0.29) is 30.1 Å². The molecule has 0 bridgehead atoms. The van der Waals surface area contributed by atoms with Crippen LogP contribution in [0.4, 0.5) is 24.7 Å². The predicted octanol–water partition coefficient (Wildman–Crippen LogP) is 2.88. The zero-order valence-electron chi connectivity index (χ0n) is 20.3. The fourth-order valence-corrected chi connectivity index (χ4v) is 6.94. The van der Waals surface area contributed by atoms with Gasteiger partial charge in [-0.15, -0.1) is 0 Å². The monoisotopic (exact) mass is 561 g/mol. The van der Waals surface area contributed by atoms with Crippen molar-refractivity contribution in [1.82, 2.24) is 14.0 Å². The van der Waals surface area contributed by atoms with Gasteiger partial charge < -0.3 is 10.2 Å². The Labute approximate surface area is 215 Å². The average molecular weight is 562 g/mol. The largest absolute Gasteiger partial charge is 0.417 e. The number of nitrogens with zero attached hydrogens (tertiary/aromatic N) is 3. The zero-order chi connectivity index (χ0) is 26.8. The highest BCUT2D eigenvalue weighted by molar-refractivity contribution is 7.89. The Balaban J connectivity index is 1.30. The molecule has 0 spiro atoms. The van der Waals surface area contributed by atoms with Gasteiger partial charge >= 0.3 is 6.18 Å². The van der Waals surface area contributed by atoms with Gasteiger partial charge in [0.2, 0.25) is 20.0 Å². The highest BCUT2D eigenvalue weighted by atomic mass is 32.2. The van der Waals surface area contributed by atoms with Gasteiger partial charge in [0.25, 0.3) is 0 Å². The second-order valence-electron chi connectivity index (χ2n) is 9.40. The first-order valence-electron chi connectivity index (χ1n) is 11.9. The lowest BCUT2D eigenvalue weighted by molar-refractivity contribution is -0.137. The Hall–Kier alpha value is -2.42. The number of pyridine rings is 1. The topological polar surface area (TPSA) is 112 Å². The van der Waals surface area contributed by atoms with Crippen LogP contribution in [0, 0.1) is 0 Å². The summed E-state index contributed by atoms with van der Waals surface area (Å²) in [4.78, 5) is 6.12. The highest BCUT2D eigenvalue weighted by Crippen LogP contribution is 2.30. The van der Waals surface area contributed by atoms with Gasteiger partial charge in [0.05, 0.1) is 16.7 Å². The van der Waals surface area contributed by atoms with Crippen LogP contribution in [0.5, 0.6) is 0 Å². The van der Waals surface area contributed by atoms with Crippen LogP contribution in [0.15, 0.2) is 47.5 Å². The van der Waals surface area contributed by atoms with E-state index in [4.69, 9.17) is 0 Å².